The first-order chi connectivity index (χ1) is 11.7. The van der Waals surface area contributed by atoms with Crippen LogP contribution < -0.4 is 10.1 Å². The predicted octanol–water partition coefficient (Wildman–Crippen LogP) is 3.55. The van der Waals surface area contributed by atoms with E-state index in [-0.39, 0.29) is 5.91 Å². The van der Waals surface area contributed by atoms with Gasteiger partial charge in [-0.05, 0) is 42.5 Å². The summed E-state index contributed by atoms with van der Waals surface area (Å²) in [6.45, 7) is 1.42. The van der Waals surface area contributed by atoms with Crippen molar-refractivity contribution in [1.29, 1.82) is 0 Å². The molecule has 1 N–H and O–H groups in total. The van der Waals surface area contributed by atoms with E-state index >= 15 is 0 Å². The third kappa shape index (κ3) is 3.26. The number of nitrogens with one attached hydrogen (secondary N) is 1. The van der Waals surface area contributed by atoms with Gasteiger partial charge in [0.05, 0.1) is 24.9 Å². The van der Waals surface area contributed by atoms with Gasteiger partial charge in [0.15, 0.2) is 0 Å². The van der Waals surface area contributed by atoms with Crippen molar-refractivity contribution in [3.05, 3.63) is 60.3 Å². The van der Waals surface area contributed by atoms with E-state index in [0.717, 1.165) is 28.9 Å². The number of carbonyl (C=O) groups is 1. The van der Waals surface area contributed by atoms with Crippen LogP contribution in [0.25, 0.3) is 10.9 Å². The molecule has 124 valence electrons. The van der Waals surface area contributed by atoms with Crippen LogP contribution in [0.15, 0.2) is 54.7 Å². The van der Waals surface area contributed by atoms with Crippen LogP contribution in [0, 0.1) is 0 Å². The molecule has 24 heavy (non-hydrogen) atoms. The van der Waals surface area contributed by atoms with Crippen LogP contribution in [0.1, 0.15) is 10.4 Å². The Labute approximate surface area is 140 Å². The zero-order valence-corrected chi connectivity index (χ0v) is 13.8. The van der Waals surface area contributed by atoms with Crippen molar-refractivity contribution in [3.8, 4) is 5.75 Å². The molecule has 0 spiro atoms. The number of anilines is 1. The van der Waals surface area contributed by atoms with Crippen molar-refractivity contribution in [1.82, 2.24) is 4.57 Å². The fraction of sp³-hybridized carbons (Fsp3) is 0.211. The quantitative estimate of drug-likeness (QED) is 0.754. The maximum absolute atomic E-state index is 12.5. The topological polar surface area (TPSA) is 52.5 Å². The van der Waals surface area contributed by atoms with Crippen LogP contribution in [0.5, 0.6) is 5.75 Å². The highest BCUT2D eigenvalue weighted by Gasteiger charge is 2.10. The van der Waals surface area contributed by atoms with E-state index in [1.165, 1.54) is 0 Å². The number of hydrogen-bond acceptors (Lipinski definition) is 3. The Balaban J connectivity index is 1.83. The molecule has 0 saturated carbocycles. The number of aromatic nitrogens is 1. The average molecular weight is 324 g/mol. The lowest BCUT2D eigenvalue weighted by molar-refractivity contribution is 0.102. The first kappa shape index (κ1) is 16.1. The lowest BCUT2D eigenvalue weighted by Crippen LogP contribution is -2.12. The number of amides is 1. The highest BCUT2D eigenvalue weighted by molar-refractivity contribution is 6.08. The molecular formula is C19H20N2O3. The summed E-state index contributed by atoms with van der Waals surface area (Å²) in [5.74, 6) is 0.582. The molecule has 2 aromatic carbocycles. The first-order valence-corrected chi connectivity index (χ1v) is 7.75. The normalized spacial score (nSPS) is 10.8. The van der Waals surface area contributed by atoms with Gasteiger partial charge in [0, 0.05) is 30.8 Å². The Morgan fingerprint density at radius 2 is 1.88 bits per heavy atom. The van der Waals surface area contributed by atoms with Crippen LogP contribution in [-0.2, 0) is 11.3 Å². The number of methoxy groups -OCH3 is 2. The van der Waals surface area contributed by atoms with Crippen LogP contribution in [0.2, 0.25) is 0 Å². The molecule has 1 aromatic heterocycles. The Morgan fingerprint density at radius 1 is 1.08 bits per heavy atom. The Morgan fingerprint density at radius 3 is 2.58 bits per heavy atom. The zero-order chi connectivity index (χ0) is 16.9. The third-order valence-electron chi connectivity index (χ3n) is 3.95. The lowest BCUT2D eigenvalue weighted by Gasteiger charge is -2.09. The van der Waals surface area contributed by atoms with Crippen LogP contribution in [0.3, 0.4) is 0 Å². The van der Waals surface area contributed by atoms with Crippen LogP contribution in [0.4, 0.5) is 5.69 Å². The molecule has 0 bridgehead atoms. The zero-order valence-electron chi connectivity index (χ0n) is 13.8. The maximum atomic E-state index is 12.5. The van der Waals surface area contributed by atoms with Gasteiger partial charge in [-0.3, -0.25) is 4.79 Å². The second-order valence-corrected chi connectivity index (χ2v) is 5.42. The molecule has 0 unspecified atom stereocenters. The second-order valence-electron chi connectivity index (χ2n) is 5.42. The lowest BCUT2D eigenvalue weighted by atomic mass is 10.1. The molecule has 3 aromatic rings. The van der Waals surface area contributed by atoms with Gasteiger partial charge in [0.25, 0.3) is 5.91 Å². The molecule has 5 heteroatoms. The smallest absolute Gasteiger partial charge is 0.255 e. The Hall–Kier alpha value is -2.79. The van der Waals surface area contributed by atoms with Gasteiger partial charge in [-0.15, -0.1) is 0 Å². The molecule has 0 aliphatic heterocycles. The molecule has 1 heterocycles. The fourth-order valence-corrected chi connectivity index (χ4v) is 2.65. The largest absolute Gasteiger partial charge is 0.497 e. The number of nitrogens with zero attached hydrogens (tertiary/aromatic N) is 1. The first-order valence-electron chi connectivity index (χ1n) is 7.75. The van der Waals surface area contributed by atoms with Gasteiger partial charge < -0.3 is 19.4 Å². The summed E-state index contributed by atoms with van der Waals surface area (Å²) in [5.41, 5.74) is 2.45. The monoisotopic (exact) mass is 324 g/mol. The summed E-state index contributed by atoms with van der Waals surface area (Å²) in [5, 5.41) is 3.99. The van der Waals surface area contributed by atoms with Crippen molar-refractivity contribution in [2.24, 2.45) is 0 Å². The standard InChI is InChI=1S/C19H20N2O3/c1-23-13-12-21-11-10-16-17(4-3-5-18(16)21)20-19(22)14-6-8-15(24-2)9-7-14/h3-11H,12-13H2,1-2H3,(H,20,22). The van der Waals surface area contributed by atoms with Crippen molar-refractivity contribution in [2.45, 2.75) is 6.54 Å². The van der Waals surface area contributed by atoms with Gasteiger partial charge in [-0.1, -0.05) is 6.07 Å². The number of benzene rings is 2. The SMILES string of the molecule is COCCn1ccc2c(NC(=O)c3ccc(OC)cc3)cccc21. The number of rotatable bonds is 6. The molecule has 0 aliphatic rings. The molecule has 0 radical (unpaired) electrons. The number of carbonyl (C=O) groups excluding carboxylic acids is 1. The molecular weight excluding hydrogens is 304 g/mol. The van der Waals surface area contributed by atoms with Crippen LogP contribution >= 0.6 is 0 Å². The maximum Gasteiger partial charge on any atom is 0.255 e. The van der Waals surface area contributed by atoms with Gasteiger partial charge in [-0.25, -0.2) is 0 Å². The van der Waals surface area contributed by atoms with Crippen molar-refractivity contribution >= 4 is 22.5 Å². The minimum absolute atomic E-state index is 0.144. The van der Waals surface area contributed by atoms with E-state index in [1.54, 1.807) is 38.5 Å². The van der Waals surface area contributed by atoms with Gasteiger partial charge in [0.2, 0.25) is 0 Å². The van der Waals surface area contributed by atoms with Gasteiger partial charge >= 0.3 is 0 Å². The molecule has 0 saturated heterocycles. The molecule has 5 nitrogen and oxygen atoms in total. The molecule has 0 aliphatic carbocycles. The predicted molar refractivity (Wildman–Crippen MR) is 94.8 cm³/mol. The van der Waals surface area contributed by atoms with Crippen LogP contribution in [-0.4, -0.2) is 31.3 Å². The Kier molecular flexibility index (Phi) is 4.82. The summed E-state index contributed by atoms with van der Waals surface area (Å²) in [4.78, 5) is 12.5. The van der Waals surface area contributed by atoms with E-state index in [2.05, 4.69) is 9.88 Å². The molecule has 3 rings (SSSR count). The minimum Gasteiger partial charge on any atom is -0.497 e. The fourth-order valence-electron chi connectivity index (χ4n) is 2.65. The van der Waals surface area contributed by atoms with Crippen molar-refractivity contribution in [2.75, 3.05) is 26.1 Å². The number of hydrogen-bond donors (Lipinski definition) is 1. The summed E-state index contributed by atoms with van der Waals surface area (Å²) >= 11 is 0. The van der Waals surface area contributed by atoms with Gasteiger partial charge in [0.1, 0.15) is 5.75 Å². The summed E-state index contributed by atoms with van der Waals surface area (Å²) in [6, 6.07) is 14.9. The second kappa shape index (κ2) is 7.19. The number of ether oxygens (including phenoxy) is 2. The van der Waals surface area contributed by atoms with Crippen molar-refractivity contribution < 1.29 is 14.3 Å². The minimum atomic E-state index is -0.144. The highest BCUT2D eigenvalue weighted by Crippen LogP contribution is 2.25. The van der Waals surface area contributed by atoms with E-state index in [4.69, 9.17) is 9.47 Å². The van der Waals surface area contributed by atoms with Crippen molar-refractivity contribution in [3.63, 3.8) is 0 Å². The van der Waals surface area contributed by atoms with E-state index < -0.39 is 0 Å². The molecule has 0 fully saturated rings. The summed E-state index contributed by atoms with van der Waals surface area (Å²) in [6.07, 6.45) is 2.01. The van der Waals surface area contributed by atoms with E-state index in [9.17, 15) is 4.79 Å². The van der Waals surface area contributed by atoms with Gasteiger partial charge in [-0.2, -0.15) is 0 Å². The molecule has 1 amide bonds. The summed E-state index contributed by atoms with van der Waals surface area (Å²) in [7, 11) is 3.29. The highest BCUT2D eigenvalue weighted by atomic mass is 16.5. The average Bonchev–Trinajstić information content (AvgIpc) is 3.04. The van der Waals surface area contributed by atoms with E-state index in [1.807, 2.05) is 30.5 Å². The van der Waals surface area contributed by atoms with E-state index in [0.29, 0.717) is 12.2 Å². The molecule has 0 atom stereocenters. The Bertz CT molecular complexity index is 837. The number of fused-ring (bicyclic) bond motifs is 1. The summed E-state index contributed by atoms with van der Waals surface area (Å²) < 4.78 is 12.4. The third-order valence-corrected chi connectivity index (χ3v) is 3.95.